The number of carboxylic acids is 1. The number of hydrogen-bond donors (Lipinski definition) is 2. The number of carbonyl (C=O) groups is 1. The lowest BCUT2D eigenvalue weighted by molar-refractivity contribution is -0.151. The average Bonchev–Trinajstić information content (AvgIpc) is 3.29. The number of benzene rings is 2. The number of nitrogens with one attached hydrogen (secondary N) is 1. The van der Waals surface area contributed by atoms with Gasteiger partial charge in [0.25, 0.3) is 0 Å². The van der Waals surface area contributed by atoms with Gasteiger partial charge in [0.2, 0.25) is 0 Å². The van der Waals surface area contributed by atoms with Crippen molar-refractivity contribution in [2.24, 2.45) is 5.41 Å². The Morgan fingerprint density at radius 1 is 1.16 bits per heavy atom. The summed E-state index contributed by atoms with van der Waals surface area (Å²) < 4.78 is 5.93. The molecule has 1 aromatic heterocycles. The Morgan fingerprint density at radius 2 is 1.84 bits per heavy atom. The Hall–Kier alpha value is -2.86. The van der Waals surface area contributed by atoms with Crippen LogP contribution in [0.3, 0.4) is 0 Å². The zero-order valence-corrected chi connectivity index (χ0v) is 19.1. The van der Waals surface area contributed by atoms with E-state index in [9.17, 15) is 9.90 Å². The number of fused-ring (bicyclic) bond motifs is 1. The Balaban J connectivity index is 1.88. The highest BCUT2D eigenvalue weighted by Crippen LogP contribution is 2.32. The summed E-state index contributed by atoms with van der Waals surface area (Å²) in [7, 11) is 4.16. The number of ether oxygens (including phenoxy) is 1. The van der Waals surface area contributed by atoms with Gasteiger partial charge in [-0.3, -0.25) is 4.79 Å². The highest BCUT2D eigenvalue weighted by molar-refractivity contribution is 5.84. The molecule has 0 spiro atoms. The predicted molar refractivity (Wildman–Crippen MR) is 124 cm³/mol. The highest BCUT2D eigenvalue weighted by atomic mass is 16.5. The lowest BCUT2D eigenvalue weighted by Gasteiger charge is -2.28. The molecule has 3 aromatic rings. The first kappa shape index (κ1) is 22.8. The van der Waals surface area contributed by atoms with Gasteiger partial charge in [-0.25, -0.2) is 4.98 Å². The number of imidazole rings is 1. The van der Waals surface area contributed by atoms with Gasteiger partial charge >= 0.3 is 5.97 Å². The van der Waals surface area contributed by atoms with E-state index in [-0.39, 0.29) is 18.6 Å². The van der Waals surface area contributed by atoms with Crippen LogP contribution in [0.15, 0.2) is 48.8 Å². The number of nitrogens with zero attached hydrogens (tertiary/aromatic N) is 2. The number of hydrogen-bond acceptors (Lipinski definition) is 4. The maximum Gasteiger partial charge on any atom is 0.313 e. The number of H-pyrrole nitrogens is 1. The number of rotatable bonds is 10. The Labute approximate surface area is 184 Å². The van der Waals surface area contributed by atoms with Crippen molar-refractivity contribution in [3.05, 3.63) is 60.2 Å². The van der Waals surface area contributed by atoms with Crippen LogP contribution in [-0.4, -0.2) is 52.7 Å². The minimum absolute atomic E-state index is 0.121. The second kappa shape index (κ2) is 9.52. The maximum atomic E-state index is 11.7. The number of aliphatic carboxylic acids is 1. The molecule has 0 saturated heterocycles. The summed E-state index contributed by atoms with van der Waals surface area (Å²) in [6.45, 7) is 6.16. The van der Waals surface area contributed by atoms with Crippen LogP contribution in [0.1, 0.15) is 50.9 Å². The van der Waals surface area contributed by atoms with Crippen molar-refractivity contribution in [2.45, 2.75) is 45.6 Å². The average molecular weight is 424 g/mol. The van der Waals surface area contributed by atoms with Gasteiger partial charge in [-0.2, -0.15) is 0 Å². The summed E-state index contributed by atoms with van der Waals surface area (Å²) in [5, 5.41) is 11.8. The Morgan fingerprint density at radius 3 is 2.42 bits per heavy atom. The first-order valence-corrected chi connectivity index (χ1v) is 10.9. The summed E-state index contributed by atoms with van der Waals surface area (Å²) in [6.07, 6.45) is 4.72. The second-order valence-corrected chi connectivity index (χ2v) is 8.51. The van der Waals surface area contributed by atoms with Gasteiger partial charge in [0.15, 0.2) is 0 Å². The van der Waals surface area contributed by atoms with Crippen molar-refractivity contribution in [1.82, 2.24) is 14.9 Å². The van der Waals surface area contributed by atoms with Crippen LogP contribution in [0.4, 0.5) is 0 Å². The van der Waals surface area contributed by atoms with E-state index >= 15 is 0 Å². The lowest BCUT2D eigenvalue weighted by Crippen LogP contribution is -2.36. The van der Waals surface area contributed by atoms with Crippen molar-refractivity contribution in [1.29, 1.82) is 0 Å². The van der Waals surface area contributed by atoms with Gasteiger partial charge in [0.05, 0.1) is 5.92 Å². The van der Waals surface area contributed by atoms with Crippen LogP contribution < -0.4 is 4.74 Å². The van der Waals surface area contributed by atoms with Gasteiger partial charge in [0, 0.05) is 18.4 Å². The van der Waals surface area contributed by atoms with Gasteiger partial charge in [-0.05, 0) is 62.3 Å². The minimum Gasteiger partial charge on any atom is -0.492 e. The van der Waals surface area contributed by atoms with Gasteiger partial charge < -0.3 is 19.7 Å². The molecule has 0 fully saturated rings. The summed E-state index contributed by atoms with van der Waals surface area (Å²) in [6, 6.07) is 12.6. The van der Waals surface area contributed by atoms with Crippen LogP contribution in [0, 0.1) is 5.41 Å². The molecule has 0 aliphatic carbocycles. The van der Waals surface area contributed by atoms with Crippen LogP contribution in [0.2, 0.25) is 0 Å². The molecule has 6 heteroatoms. The largest absolute Gasteiger partial charge is 0.492 e. The van der Waals surface area contributed by atoms with Crippen molar-refractivity contribution in [3.63, 3.8) is 0 Å². The summed E-state index contributed by atoms with van der Waals surface area (Å²) in [4.78, 5) is 21.7. The van der Waals surface area contributed by atoms with Crippen molar-refractivity contribution in [3.8, 4) is 5.75 Å². The van der Waals surface area contributed by atoms with Crippen molar-refractivity contribution < 1.29 is 14.6 Å². The van der Waals surface area contributed by atoms with E-state index in [2.05, 4.69) is 54.1 Å². The van der Waals surface area contributed by atoms with Gasteiger partial charge in [-0.15, -0.1) is 0 Å². The van der Waals surface area contributed by atoms with E-state index in [4.69, 9.17) is 4.74 Å². The third-order valence-corrected chi connectivity index (χ3v) is 6.63. The maximum absolute atomic E-state index is 11.7. The Kier molecular flexibility index (Phi) is 7.01. The fraction of sp³-hybridized carbons (Fsp3) is 0.440. The fourth-order valence-electron chi connectivity index (χ4n) is 3.98. The van der Waals surface area contributed by atoms with E-state index in [1.807, 2.05) is 38.2 Å². The lowest BCUT2D eigenvalue weighted by atomic mass is 9.83. The quantitative estimate of drug-likeness (QED) is 0.484. The zero-order chi connectivity index (χ0) is 22.6. The molecule has 2 unspecified atom stereocenters. The Bertz CT molecular complexity index is 1010. The normalized spacial score (nSPS) is 14.0. The highest BCUT2D eigenvalue weighted by Gasteiger charge is 2.36. The van der Waals surface area contributed by atoms with Crippen molar-refractivity contribution in [2.75, 3.05) is 20.7 Å². The third-order valence-electron chi connectivity index (χ3n) is 6.63. The number of aromatic nitrogens is 2. The summed E-state index contributed by atoms with van der Waals surface area (Å²) >= 11 is 0. The van der Waals surface area contributed by atoms with Crippen LogP contribution in [0.5, 0.6) is 5.75 Å². The first-order valence-electron chi connectivity index (χ1n) is 10.9. The minimum atomic E-state index is -0.850. The molecule has 2 N–H and O–H groups in total. The molecule has 0 bridgehead atoms. The van der Waals surface area contributed by atoms with E-state index in [1.165, 1.54) is 5.56 Å². The monoisotopic (exact) mass is 423 g/mol. The molecule has 0 saturated carbocycles. The summed E-state index contributed by atoms with van der Waals surface area (Å²) in [5.41, 5.74) is 0.344. The fourth-order valence-corrected chi connectivity index (χ4v) is 3.98. The van der Waals surface area contributed by atoms with Crippen molar-refractivity contribution >= 4 is 16.7 Å². The predicted octanol–water partition coefficient (Wildman–Crippen LogP) is 4.91. The smallest absolute Gasteiger partial charge is 0.313 e. The zero-order valence-electron chi connectivity index (χ0n) is 19.1. The van der Waals surface area contributed by atoms with E-state index in [0.29, 0.717) is 18.6 Å². The molecule has 0 radical (unpaired) electrons. The number of likely N-dealkylation sites (N-methyl/N-ethyl adjacent to an activating group) is 1. The standard InChI is InChI=1S/C25H33N3O3/c1-6-25(7-2,24(29)30)16-31-21-11-10-18-14-20(9-8-19(18)15-21)22(17(3)28(4)5)23-26-12-13-27-23/h8-15,17,22H,6-7,16H2,1-5H3,(H,26,27)(H,29,30). The molecule has 166 valence electrons. The van der Waals surface area contributed by atoms with E-state index in [0.717, 1.165) is 16.6 Å². The molecule has 0 aliphatic heterocycles. The summed E-state index contributed by atoms with van der Waals surface area (Å²) in [5.74, 6) is 0.958. The molecule has 0 aliphatic rings. The molecular formula is C25H33N3O3. The third kappa shape index (κ3) is 4.74. The molecule has 1 heterocycles. The number of carboxylic acid groups (broad SMARTS) is 1. The second-order valence-electron chi connectivity index (χ2n) is 8.51. The molecule has 6 nitrogen and oxygen atoms in total. The molecule has 2 atom stereocenters. The first-order chi connectivity index (χ1) is 14.8. The molecule has 0 amide bonds. The number of aromatic amines is 1. The van der Waals surface area contributed by atoms with E-state index in [1.54, 1.807) is 6.20 Å². The SMILES string of the molecule is CCC(CC)(COc1ccc2cc(C(c3ncc[nH]3)C(C)N(C)C)ccc2c1)C(=O)O. The van der Waals surface area contributed by atoms with E-state index < -0.39 is 11.4 Å². The van der Waals surface area contributed by atoms with Crippen LogP contribution in [0.25, 0.3) is 10.8 Å². The van der Waals surface area contributed by atoms with Crippen LogP contribution >= 0.6 is 0 Å². The topological polar surface area (TPSA) is 78.5 Å². The van der Waals surface area contributed by atoms with Gasteiger partial charge in [0.1, 0.15) is 23.6 Å². The van der Waals surface area contributed by atoms with Crippen LogP contribution in [-0.2, 0) is 4.79 Å². The molecular weight excluding hydrogens is 390 g/mol. The molecule has 2 aromatic carbocycles. The van der Waals surface area contributed by atoms with Gasteiger partial charge in [-0.1, -0.05) is 38.1 Å². The molecule has 31 heavy (non-hydrogen) atoms. The molecule has 3 rings (SSSR count).